The number of ether oxygens (including phenoxy) is 3. The Kier molecular flexibility index (Phi) is 23.5. The summed E-state index contributed by atoms with van der Waals surface area (Å²) in [6, 6.07) is 25.0. The summed E-state index contributed by atoms with van der Waals surface area (Å²) < 4.78 is 91.1. The van der Waals surface area contributed by atoms with Crippen molar-refractivity contribution in [1.82, 2.24) is 50.4 Å². The number of aromatic nitrogens is 2. The first-order chi connectivity index (χ1) is 55.4. The predicted molar refractivity (Wildman–Crippen MR) is 438 cm³/mol. The summed E-state index contributed by atoms with van der Waals surface area (Å²) in [6.07, 6.45) is 8.65. The minimum atomic E-state index is -5.64. The van der Waals surface area contributed by atoms with E-state index in [4.69, 9.17) is 38.5 Å². The lowest BCUT2D eigenvalue weighted by atomic mass is 9.78. The summed E-state index contributed by atoms with van der Waals surface area (Å²) in [5.74, 6) is -0.000838. The van der Waals surface area contributed by atoms with Gasteiger partial charge in [-0.05, 0) is 228 Å². The number of aromatic amines is 1. The second-order valence-corrected chi connectivity index (χ2v) is 36.1. The number of fused-ring (bicyclic) bond motifs is 13. The molecule has 5 aromatic carbocycles. The quantitative estimate of drug-likeness (QED) is 0.0285. The molecule has 0 radical (unpaired) electrons. The van der Waals surface area contributed by atoms with Gasteiger partial charge in [-0.15, -0.1) is 0 Å². The van der Waals surface area contributed by atoms with E-state index in [0.29, 0.717) is 50.1 Å². The number of methoxy groups -OCH3 is 3. The number of amides is 6. The van der Waals surface area contributed by atoms with Crippen LogP contribution in [-0.4, -0.2) is 199 Å². The van der Waals surface area contributed by atoms with Crippen molar-refractivity contribution in [1.29, 1.82) is 0 Å². The Labute approximate surface area is 682 Å². The zero-order valence-electron chi connectivity index (χ0n) is 69.5. The number of likely N-dealkylation sites (tertiary alicyclic amines) is 3. The second kappa shape index (κ2) is 32.7. The molecule has 16 rings (SSSR count). The minimum absolute atomic E-state index is 0.0574. The van der Waals surface area contributed by atoms with Crippen molar-refractivity contribution in [2.75, 3.05) is 55.1 Å². The molecule has 6 saturated heterocycles. The normalized spacial score (nSPS) is 23.4. The number of carbonyl (C=O) groups is 6. The fraction of sp³-hybridized carbons (Fsp3) is 0.547. The predicted octanol–water partition coefficient (Wildman–Crippen LogP) is 13.8. The van der Waals surface area contributed by atoms with Gasteiger partial charge >= 0.3 is 41.0 Å². The molecule has 4 bridgehead atoms. The number of H-pyrrole nitrogens is 1. The van der Waals surface area contributed by atoms with Gasteiger partial charge in [0.15, 0.2) is 0 Å². The largest absolute Gasteiger partial charge is 0.534 e. The number of aliphatic imine (C=N–C) groups is 2. The van der Waals surface area contributed by atoms with Gasteiger partial charge < -0.3 is 63.3 Å². The maximum atomic E-state index is 13.8. The number of alkyl carbamates (subject to hydrolysis) is 3. The van der Waals surface area contributed by atoms with Crippen LogP contribution in [0.4, 0.5) is 38.9 Å². The van der Waals surface area contributed by atoms with Crippen molar-refractivity contribution in [3.05, 3.63) is 124 Å². The Morgan fingerprint density at radius 2 is 0.957 bits per heavy atom. The highest BCUT2D eigenvalue weighted by Crippen LogP contribution is 2.59. The van der Waals surface area contributed by atoms with Crippen LogP contribution in [0.3, 0.4) is 0 Å². The van der Waals surface area contributed by atoms with Gasteiger partial charge in [-0.3, -0.25) is 34.2 Å². The van der Waals surface area contributed by atoms with Gasteiger partial charge in [-0.1, -0.05) is 84.0 Å². The van der Waals surface area contributed by atoms with Gasteiger partial charge in [0.05, 0.1) is 73.1 Å². The number of hydrogen-bond donors (Lipinski definition) is 4. The number of rotatable bonds is 17. The van der Waals surface area contributed by atoms with Crippen molar-refractivity contribution >= 4 is 92.5 Å². The number of hydrogen-bond acceptors (Lipinski definition) is 19. The Bertz CT molecular complexity index is 5070. The monoisotopic (exact) mass is 1630 g/mol. The van der Waals surface area contributed by atoms with Gasteiger partial charge in [0.1, 0.15) is 29.7 Å². The van der Waals surface area contributed by atoms with Crippen molar-refractivity contribution in [3.8, 4) is 28.0 Å². The fourth-order valence-corrected chi connectivity index (χ4v) is 19.6. The Morgan fingerprint density at radius 3 is 1.42 bits per heavy atom. The lowest BCUT2D eigenvalue weighted by Crippen LogP contribution is -2.53. The highest BCUT2D eigenvalue weighted by atomic mass is 32.2. The standard InChI is InChI=1S/C48H58N8O6.C25H36BN3O5.C13H14F3NO3S/c1-25(2)42(52-47(59)61-6)45(57)55-20-8-10-36(55)35-24-29-22-27(12-16-32(29)49-35)30-14-15-31(41-38-19-18-37(40(30)41)54(38)5)28-13-17-33-34(23-28)51-44(50-33)39-11-9-21-56(39)46(58)43(26(3)4)53-48(60)62-7;1-15(2)21(28-23(31)32-7)22(30)29-12-8-9-20(29)19-14-16-13-17(10-11-18(16)27-19)26-33-24(3,4)25(5,6)34-26;1-7-3-6-10(20-21(18,19)13(14,15)16)12-9-5-4-8(11(7)12)17(9)2/h12-17,22-23,25-26,36-39,42-43H,8-11,18-21,24H2,1-7H3,(H,50,51)(H,52,59)(H,53,60);10-11,13,15,20-21H,8-9,12,14H2,1-7H3,(H,28,31);3,6,8-9H,4-5H2,1-2H3/t36-,37?,38?,39-,42-,43-;20-,21-;/m00./s1. The van der Waals surface area contributed by atoms with Crippen LogP contribution >= 0.6 is 0 Å². The molecule has 6 fully saturated rings. The number of aryl methyl sites for hydroxylation is 1. The van der Waals surface area contributed by atoms with E-state index in [1.54, 1.807) is 6.07 Å². The van der Waals surface area contributed by atoms with Crippen LogP contribution in [0.5, 0.6) is 5.75 Å². The summed E-state index contributed by atoms with van der Waals surface area (Å²) in [6.45, 7) is 23.5. The van der Waals surface area contributed by atoms with E-state index in [2.05, 4.69) is 96.6 Å². The third kappa shape index (κ3) is 15.9. The van der Waals surface area contributed by atoms with E-state index < -0.39 is 70.4 Å². The molecule has 0 spiro atoms. The molecule has 4 unspecified atom stereocenters. The Morgan fingerprint density at radius 1 is 0.538 bits per heavy atom. The van der Waals surface area contributed by atoms with Crippen LogP contribution in [0.1, 0.15) is 208 Å². The van der Waals surface area contributed by atoms with Gasteiger partial charge in [-0.25, -0.2) is 19.4 Å². The summed E-state index contributed by atoms with van der Waals surface area (Å²) in [4.78, 5) is 106. The van der Waals surface area contributed by atoms with E-state index in [1.165, 1.54) is 60.8 Å². The van der Waals surface area contributed by atoms with E-state index in [-0.39, 0.29) is 71.4 Å². The van der Waals surface area contributed by atoms with Gasteiger partial charge in [0.25, 0.3) is 0 Å². The summed E-state index contributed by atoms with van der Waals surface area (Å²) in [5.41, 5.74) is 12.7. The average Bonchev–Trinajstić information content (AvgIpc) is 1.57. The molecule has 10 aliphatic rings. The van der Waals surface area contributed by atoms with Crippen molar-refractivity contribution in [2.45, 2.75) is 230 Å². The average molecular weight is 1630 g/mol. The summed E-state index contributed by atoms with van der Waals surface area (Å²) in [5, 5.41) is 8.20. The molecule has 1 aromatic heterocycles. The fourth-order valence-electron chi connectivity index (χ4n) is 19.1. The lowest BCUT2D eigenvalue weighted by Gasteiger charge is -2.32. The molecule has 11 heterocycles. The van der Waals surface area contributed by atoms with Gasteiger partial charge in [0.2, 0.25) is 17.7 Å². The zero-order chi connectivity index (χ0) is 84.0. The molecule has 117 heavy (non-hydrogen) atoms. The molecule has 6 amide bonds. The molecule has 6 aromatic rings. The zero-order valence-corrected chi connectivity index (χ0v) is 70.3. The number of carbonyl (C=O) groups excluding carboxylic acids is 6. The lowest BCUT2D eigenvalue weighted by molar-refractivity contribution is -0.136. The highest BCUT2D eigenvalue weighted by molar-refractivity contribution is 7.88. The molecule has 31 heteroatoms. The van der Waals surface area contributed by atoms with Crippen LogP contribution in [-0.2, 0) is 60.9 Å². The van der Waals surface area contributed by atoms with Crippen LogP contribution < -0.4 is 25.6 Å². The van der Waals surface area contributed by atoms with Gasteiger partial charge in [-0.2, -0.15) is 21.6 Å². The van der Waals surface area contributed by atoms with Crippen LogP contribution in [0.15, 0.2) is 88.8 Å². The topological polar surface area (TPSA) is 298 Å². The number of nitrogens with one attached hydrogen (secondary N) is 4. The van der Waals surface area contributed by atoms with E-state index >= 15 is 0 Å². The number of alkyl halides is 3. The SMILES string of the molecule is COC(=O)N[C@H](C(=O)N1CCC[C@H]1C1=Nc2ccc(-c3ccc(-c4ccc5nc([C@@H]6CCCN6C(=O)[C@@H](NC(=O)OC)C(C)C)[nH]c5c4)c4c3C3CCC4N3C)cc2C1)C(C)C.COC(=O)N[C@H](C(=O)N1CCC[C@H]1C1=Nc2ccc(B3OC(C)(C)C(C)(C)O3)cc2C1)C(C)C.Cc1ccc(OS(=O)(=O)C(F)(F)F)c2c1C1CCC2N1C. The number of benzene rings is 5. The second-order valence-electron chi connectivity index (χ2n) is 34.6. The first-order valence-electron chi connectivity index (χ1n) is 40.9. The van der Waals surface area contributed by atoms with Gasteiger partial charge in [0, 0.05) is 73.6 Å². The Balaban J connectivity index is 0.000000170. The summed E-state index contributed by atoms with van der Waals surface area (Å²) >= 11 is 0. The molecular weight excluding hydrogens is 1520 g/mol. The van der Waals surface area contributed by atoms with Crippen molar-refractivity contribution in [3.63, 3.8) is 0 Å². The van der Waals surface area contributed by atoms with E-state index in [1.807, 2.05) is 110 Å². The molecule has 4 N–H and O–H groups in total. The number of nitrogens with zero attached hydrogens (tertiary/aromatic N) is 8. The molecule has 10 atom stereocenters. The maximum absolute atomic E-state index is 13.8. The molecule has 26 nitrogen and oxygen atoms in total. The molecule has 0 aliphatic carbocycles. The van der Waals surface area contributed by atoms with E-state index in [0.717, 1.165) is 132 Å². The number of imidazole rings is 1. The molecular formula is C86H108BF3N12O14S. The summed E-state index contributed by atoms with van der Waals surface area (Å²) in [7, 11) is 2.01. The van der Waals surface area contributed by atoms with Crippen LogP contribution in [0.2, 0.25) is 0 Å². The van der Waals surface area contributed by atoms with Crippen molar-refractivity contribution < 1.29 is 78.1 Å². The smallest absolute Gasteiger partial charge is 0.453 e. The first kappa shape index (κ1) is 84.0. The maximum Gasteiger partial charge on any atom is 0.534 e. The third-order valence-electron chi connectivity index (χ3n) is 25.9. The van der Waals surface area contributed by atoms with Crippen molar-refractivity contribution in [2.24, 2.45) is 27.7 Å². The van der Waals surface area contributed by atoms with E-state index in [9.17, 15) is 50.4 Å². The Hall–Kier alpha value is -9.43. The highest BCUT2D eigenvalue weighted by Gasteiger charge is 2.54. The minimum Gasteiger partial charge on any atom is -0.453 e. The third-order valence-corrected chi connectivity index (χ3v) is 26.9. The van der Waals surface area contributed by atoms with Crippen LogP contribution in [0, 0.1) is 24.7 Å². The molecule has 626 valence electrons. The molecule has 0 saturated carbocycles. The van der Waals surface area contributed by atoms with Crippen LogP contribution in [0.25, 0.3) is 33.3 Å². The molecule has 10 aliphatic heterocycles. The first-order valence-corrected chi connectivity index (χ1v) is 42.3. The number of halogens is 3.